The third kappa shape index (κ3) is 3.96. The minimum absolute atomic E-state index is 0.00952. The lowest BCUT2D eigenvalue weighted by Gasteiger charge is -2.18. The number of rotatable bonds is 4. The molecule has 2 rings (SSSR count). The van der Waals surface area contributed by atoms with Gasteiger partial charge < -0.3 is 15.0 Å². The lowest BCUT2D eigenvalue weighted by molar-refractivity contribution is -0.141. The van der Waals surface area contributed by atoms with Crippen LogP contribution in [0.2, 0.25) is 0 Å². The molecule has 1 aliphatic carbocycles. The SMILES string of the molecule is COC1CCC(Nc2nc(N(C)C)cc(C(F)(F)F)n2)C1. The zero-order valence-electron chi connectivity index (χ0n) is 12.2. The van der Waals surface area contributed by atoms with Crippen LogP contribution in [-0.4, -0.2) is 43.3 Å². The molecule has 1 heterocycles. The molecule has 21 heavy (non-hydrogen) atoms. The molecule has 2 unspecified atom stereocenters. The maximum Gasteiger partial charge on any atom is 0.433 e. The summed E-state index contributed by atoms with van der Waals surface area (Å²) < 4.78 is 43.9. The molecule has 1 aromatic rings. The van der Waals surface area contributed by atoms with Crippen molar-refractivity contribution in [1.29, 1.82) is 0 Å². The van der Waals surface area contributed by atoms with Gasteiger partial charge in [-0.05, 0) is 19.3 Å². The lowest BCUT2D eigenvalue weighted by atomic mass is 10.2. The summed E-state index contributed by atoms with van der Waals surface area (Å²) in [6.45, 7) is 0. The van der Waals surface area contributed by atoms with Crippen LogP contribution in [0.15, 0.2) is 6.07 Å². The third-order valence-corrected chi connectivity index (χ3v) is 3.51. The van der Waals surface area contributed by atoms with Crippen LogP contribution < -0.4 is 10.2 Å². The summed E-state index contributed by atoms with van der Waals surface area (Å²) in [5.41, 5.74) is -0.940. The Kier molecular flexibility index (Phi) is 4.55. The number of alkyl halides is 3. The van der Waals surface area contributed by atoms with Gasteiger partial charge in [-0.3, -0.25) is 0 Å². The van der Waals surface area contributed by atoms with Crippen LogP contribution in [0.4, 0.5) is 24.9 Å². The molecule has 5 nitrogen and oxygen atoms in total. The second kappa shape index (κ2) is 6.05. The van der Waals surface area contributed by atoms with E-state index in [9.17, 15) is 13.2 Å². The zero-order chi connectivity index (χ0) is 15.6. The third-order valence-electron chi connectivity index (χ3n) is 3.51. The summed E-state index contributed by atoms with van der Waals surface area (Å²) in [6.07, 6.45) is -1.90. The molecule has 1 N–H and O–H groups in total. The van der Waals surface area contributed by atoms with E-state index in [-0.39, 0.29) is 23.9 Å². The van der Waals surface area contributed by atoms with Gasteiger partial charge >= 0.3 is 6.18 Å². The lowest BCUT2D eigenvalue weighted by Crippen LogP contribution is -2.22. The first-order valence-corrected chi connectivity index (χ1v) is 6.72. The van der Waals surface area contributed by atoms with E-state index in [0.717, 1.165) is 25.3 Å². The molecule has 1 fully saturated rings. The zero-order valence-corrected chi connectivity index (χ0v) is 12.2. The maximum absolute atomic E-state index is 12.9. The second-order valence-corrected chi connectivity index (χ2v) is 5.34. The topological polar surface area (TPSA) is 50.3 Å². The van der Waals surface area contributed by atoms with Crippen molar-refractivity contribution >= 4 is 11.8 Å². The fourth-order valence-electron chi connectivity index (χ4n) is 2.34. The highest BCUT2D eigenvalue weighted by Crippen LogP contribution is 2.31. The Morgan fingerprint density at radius 1 is 1.29 bits per heavy atom. The summed E-state index contributed by atoms with van der Waals surface area (Å²) in [5.74, 6) is 0.233. The Morgan fingerprint density at radius 2 is 2.00 bits per heavy atom. The molecule has 118 valence electrons. The Morgan fingerprint density at radius 3 is 2.52 bits per heavy atom. The summed E-state index contributed by atoms with van der Waals surface area (Å²) in [7, 11) is 4.92. The minimum atomic E-state index is -4.49. The largest absolute Gasteiger partial charge is 0.433 e. The molecular formula is C13H19F3N4O. The van der Waals surface area contributed by atoms with Crippen molar-refractivity contribution in [3.05, 3.63) is 11.8 Å². The molecule has 1 saturated carbocycles. The van der Waals surface area contributed by atoms with Gasteiger partial charge in [0, 0.05) is 33.3 Å². The van der Waals surface area contributed by atoms with Crippen LogP contribution in [0.5, 0.6) is 0 Å². The van der Waals surface area contributed by atoms with E-state index in [1.165, 1.54) is 4.90 Å². The average molecular weight is 304 g/mol. The Hall–Kier alpha value is -1.57. The van der Waals surface area contributed by atoms with E-state index in [4.69, 9.17) is 4.74 Å². The fourth-order valence-corrected chi connectivity index (χ4v) is 2.34. The first-order valence-electron chi connectivity index (χ1n) is 6.72. The second-order valence-electron chi connectivity index (χ2n) is 5.34. The maximum atomic E-state index is 12.9. The van der Waals surface area contributed by atoms with E-state index in [1.807, 2.05) is 0 Å². The van der Waals surface area contributed by atoms with Gasteiger partial charge in [0.05, 0.1) is 6.10 Å². The predicted octanol–water partition coefficient (Wildman–Crippen LogP) is 2.54. The van der Waals surface area contributed by atoms with Gasteiger partial charge in [0.15, 0.2) is 5.69 Å². The number of aromatic nitrogens is 2. The van der Waals surface area contributed by atoms with Gasteiger partial charge in [-0.1, -0.05) is 0 Å². The molecular weight excluding hydrogens is 285 g/mol. The quantitative estimate of drug-likeness (QED) is 0.926. The number of hydrogen-bond donors (Lipinski definition) is 1. The Balaban J connectivity index is 2.20. The summed E-state index contributed by atoms with van der Waals surface area (Å²) >= 11 is 0. The number of anilines is 2. The number of methoxy groups -OCH3 is 1. The number of halogens is 3. The van der Waals surface area contributed by atoms with Gasteiger partial charge in [0.2, 0.25) is 5.95 Å². The van der Waals surface area contributed by atoms with Crippen molar-refractivity contribution in [2.24, 2.45) is 0 Å². The van der Waals surface area contributed by atoms with Crippen molar-refractivity contribution in [3.63, 3.8) is 0 Å². The standard InChI is InChI=1S/C13H19F3N4O/c1-20(2)11-7-10(13(14,15)16)18-12(19-11)17-8-4-5-9(6-8)21-3/h7-9H,4-6H2,1-3H3,(H,17,18,19). The van der Waals surface area contributed by atoms with Crippen LogP contribution in [0, 0.1) is 0 Å². The highest BCUT2D eigenvalue weighted by Gasteiger charge is 2.34. The van der Waals surface area contributed by atoms with Crippen molar-refractivity contribution in [3.8, 4) is 0 Å². The summed E-state index contributed by atoms with van der Waals surface area (Å²) in [6, 6.07) is 0.978. The summed E-state index contributed by atoms with van der Waals surface area (Å²) in [4.78, 5) is 9.23. The highest BCUT2D eigenvalue weighted by molar-refractivity contribution is 5.44. The normalized spacial score (nSPS) is 22.4. The van der Waals surface area contributed by atoms with Crippen molar-refractivity contribution in [1.82, 2.24) is 9.97 Å². The van der Waals surface area contributed by atoms with E-state index < -0.39 is 11.9 Å². The van der Waals surface area contributed by atoms with Gasteiger partial charge in [0.1, 0.15) is 5.82 Å². The molecule has 0 radical (unpaired) electrons. The number of nitrogens with zero attached hydrogens (tertiary/aromatic N) is 3. The van der Waals surface area contributed by atoms with Crippen LogP contribution in [0.25, 0.3) is 0 Å². The molecule has 0 aromatic carbocycles. The smallest absolute Gasteiger partial charge is 0.381 e. The molecule has 2 atom stereocenters. The predicted molar refractivity (Wildman–Crippen MR) is 73.4 cm³/mol. The van der Waals surface area contributed by atoms with E-state index in [1.54, 1.807) is 21.2 Å². The van der Waals surface area contributed by atoms with Crippen LogP contribution >= 0.6 is 0 Å². The first-order chi connectivity index (χ1) is 9.79. The minimum Gasteiger partial charge on any atom is -0.381 e. The van der Waals surface area contributed by atoms with Crippen LogP contribution in [0.3, 0.4) is 0 Å². The molecule has 1 aromatic heterocycles. The average Bonchev–Trinajstić information content (AvgIpc) is 2.85. The Bertz CT molecular complexity index is 493. The molecule has 0 amide bonds. The monoisotopic (exact) mass is 304 g/mol. The van der Waals surface area contributed by atoms with Crippen LogP contribution in [0.1, 0.15) is 25.0 Å². The van der Waals surface area contributed by atoms with Crippen molar-refractivity contribution in [2.75, 3.05) is 31.4 Å². The molecule has 1 aliphatic rings. The van der Waals surface area contributed by atoms with Gasteiger partial charge in [-0.25, -0.2) is 4.98 Å². The molecule has 0 bridgehead atoms. The van der Waals surface area contributed by atoms with E-state index in [2.05, 4.69) is 15.3 Å². The molecule has 0 saturated heterocycles. The summed E-state index contributed by atoms with van der Waals surface area (Å²) in [5, 5.41) is 2.98. The molecule has 8 heteroatoms. The van der Waals surface area contributed by atoms with Crippen molar-refractivity contribution in [2.45, 2.75) is 37.6 Å². The van der Waals surface area contributed by atoms with Gasteiger partial charge in [0.25, 0.3) is 0 Å². The molecule has 0 spiro atoms. The van der Waals surface area contributed by atoms with Gasteiger partial charge in [-0.15, -0.1) is 0 Å². The number of nitrogens with one attached hydrogen (secondary N) is 1. The van der Waals surface area contributed by atoms with E-state index >= 15 is 0 Å². The van der Waals surface area contributed by atoms with Gasteiger partial charge in [-0.2, -0.15) is 18.2 Å². The number of hydrogen-bond acceptors (Lipinski definition) is 5. The highest BCUT2D eigenvalue weighted by atomic mass is 19.4. The van der Waals surface area contributed by atoms with E-state index in [0.29, 0.717) is 0 Å². The fraction of sp³-hybridized carbons (Fsp3) is 0.692. The first kappa shape index (κ1) is 15.8. The van der Waals surface area contributed by atoms with Crippen molar-refractivity contribution < 1.29 is 17.9 Å². The van der Waals surface area contributed by atoms with Crippen LogP contribution in [-0.2, 0) is 10.9 Å². The Labute approximate surface area is 121 Å². The number of ether oxygens (including phenoxy) is 1. The molecule has 0 aliphatic heterocycles.